The number of ether oxygens (including phenoxy) is 1. The average molecular weight is 378 g/mol. The Balaban J connectivity index is 1.38. The highest BCUT2D eigenvalue weighted by molar-refractivity contribution is 5.96. The third-order valence-corrected chi connectivity index (χ3v) is 5.16. The number of para-hydroxylation sites is 1. The van der Waals surface area contributed by atoms with E-state index >= 15 is 0 Å². The molecule has 146 valence electrons. The molecule has 1 atom stereocenters. The Morgan fingerprint density at radius 3 is 3.04 bits per heavy atom. The van der Waals surface area contributed by atoms with Crippen LogP contribution in [0.15, 0.2) is 48.8 Å². The maximum atomic E-state index is 12.6. The largest absolute Gasteiger partial charge is 0.486 e. The fourth-order valence-corrected chi connectivity index (χ4v) is 3.60. The van der Waals surface area contributed by atoms with Gasteiger partial charge in [0.05, 0.1) is 11.3 Å². The van der Waals surface area contributed by atoms with Crippen molar-refractivity contribution in [3.63, 3.8) is 0 Å². The SMILES string of the molecule is Cc1ccc2nc(COc3ccccc3C(=O)NCCC3CCNC3)cn2c1. The minimum absolute atomic E-state index is 0.0906. The summed E-state index contributed by atoms with van der Waals surface area (Å²) in [5.74, 6) is 1.15. The topological polar surface area (TPSA) is 67.7 Å². The van der Waals surface area contributed by atoms with E-state index in [1.807, 2.05) is 54.0 Å². The molecule has 3 aromatic rings. The zero-order valence-corrected chi connectivity index (χ0v) is 16.1. The molecule has 28 heavy (non-hydrogen) atoms. The predicted molar refractivity (Wildman–Crippen MR) is 109 cm³/mol. The van der Waals surface area contributed by atoms with E-state index in [4.69, 9.17) is 4.74 Å². The molecule has 0 spiro atoms. The van der Waals surface area contributed by atoms with Crippen molar-refractivity contribution in [2.24, 2.45) is 5.92 Å². The number of nitrogens with one attached hydrogen (secondary N) is 2. The molecule has 1 aliphatic rings. The molecule has 6 heteroatoms. The van der Waals surface area contributed by atoms with Crippen LogP contribution in [0.1, 0.15) is 34.5 Å². The highest BCUT2D eigenvalue weighted by Crippen LogP contribution is 2.20. The van der Waals surface area contributed by atoms with Crippen LogP contribution < -0.4 is 15.4 Å². The molecule has 1 unspecified atom stereocenters. The Morgan fingerprint density at radius 2 is 2.18 bits per heavy atom. The summed E-state index contributed by atoms with van der Waals surface area (Å²) in [6.07, 6.45) is 6.18. The summed E-state index contributed by atoms with van der Waals surface area (Å²) in [6.45, 7) is 5.18. The number of aryl methyl sites for hydroxylation is 1. The third kappa shape index (κ3) is 4.34. The molecule has 0 aliphatic carbocycles. The van der Waals surface area contributed by atoms with E-state index in [1.54, 1.807) is 6.07 Å². The second kappa shape index (κ2) is 8.44. The van der Waals surface area contributed by atoms with E-state index in [1.165, 1.54) is 12.0 Å². The molecule has 4 rings (SSSR count). The number of imidazole rings is 1. The summed E-state index contributed by atoms with van der Waals surface area (Å²) in [5, 5.41) is 6.38. The van der Waals surface area contributed by atoms with Crippen molar-refractivity contribution in [2.75, 3.05) is 19.6 Å². The predicted octanol–water partition coefficient (Wildman–Crippen LogP) is 2.95. The second-order valence-corrected chi connectivity index (χ2v) is 7.39. The molecule has 1 aromatic carbocycles. The molecular weight excluding hydrogens is 352 g/mol. The molecule has 1 fully saturated rings. The molecule has 3 heterocycles. The maximum absolute atomic E-state index is 12.6. The van der Waals surface area contributed by atoms with Gasteiger partial charge in [0.15, 0.2) is 0 Å². The fourth-order valence-electron chi connectivity index (χ4n) is 3.60. The standard InChI is InChI=1S/C22H26N4O2/c1-16-6-7-21-25-18(14-26(21)13-16)15-28-20-5-3-2-4-19(20)22(27)24-11-9-17-8-10-23-12-17/h2-7,13-14,17,23H,8-12,15H2,1H3,(H,24,27). The molecule has 1 aliphatic heterocycles. The third-order valence-electron chi connectivity index (χ3n) is 5.16. The van der Waals surface area contributed by atoms with E-state index in [-0.39, 0.29) is 5.91 Å². The van der Waals surface area contributed by atoms with Crippen molar-refractivity contribution in [1.82, 2.24) is 20.0 Å². The minimum Gasteiger partial charge on any atom is -0.486 e. The summed E-state index contributed by atoms with van der Waals surface area (Å²) in [4.78, 5) is 17.2. The smallest absolute Gasteiger partial charge is 0.255 e. The number of nitrogens with zero attached hydrogens (tertiary/aromatic N) is 2. The van der Waals surface area contributed by atoms with Gasteiger partial charge in [-0.3, -0.25) is 4.79 Å². The van der Waals surface area contributed by atoms with Gasteiger partial charge >= 0.3 is 0 Å². The number of rotatable bonds is 7. The van der Waals surface area contributed by atoms with E-state index in [9.17, 15) is 4.79 Å². The first-order chi connectivity index (χ1) is 13.7. The molecule has 2 N–H and O–H groups in total. The number of amides is 1. The van der Waals surface area contributed by atoms with Gasteiger partial charge in [0.1, 0.15) is 18.0 Å². The van der Waals surface area contributed by atoms with Gasteiger partial charge in [-0.05, 0) is 62.5 Å². The van der Waals surface area contributed by atoms with Gasteiger partial charge in [-0.2, -0.15) is 0 Å². The second-order valence-electron chi connectivity index (χ2n) is 7.39. The van der Waals surface area contributed by atoms with Crippen LogP contribution in [-0.2, 0) is 6.61 Å². The highest BCUT2D eigenvalue weighted by atomic mass is 16.5. The highest BCUT2D eigenvalue weighted by Gasteiger charge is 2.16. The summed E-state index contributed by atoms with van der Waals surface area (Å²) >= 11 is 0. The fraction of sp³-hybridized carbons (Fsp3) is 0.364. The van der Waals surface area contributed by atoms with Crippen LogP contribution in [0.3, 0.4) is 0 Å². The van der Waals surface area contributed by atoms with E-state index in [0.717, 1.165) is 30.9 Å². The van der Waals surface area contributed by atoms with Crippen LogP contribution in [0, 0.1) is 12.8 Å². The van der Waals surface area contributed by atoms with Gasteiger partial charge < -0.3 is 19.8 Å². The van der Waals surface area contributed by atoms with E-state index in [2.05, 4.69) is 15.6 Å². The van der Waals surface area contributed by atoms with Crippen molar-refractivity contribution in [2.45, 2.75) is 26.4 Å². The van der Waals surface area contributed by atoms with E-state index < -0.39 is 0 Å². The molecule has 1 saturated heterocycles. The van der Waals surface area contributed by atoms with Gasteiger partial charge in [0.2, 0.25) is 0 Å². The van der Waals surface area contributed by atoms with Crippen molar-refractivity contribution >= 4 is 11.6 Å². The van der Waals surface area contributed by atoms with Crippen LogP contribution in [0.4, 0.5) is 0 Å². The van der Waals surface area contributed by atoms with Crippen molar-refractivity contribution in [3.8, 4) is 5.75 Å². The Hall–Kier alpha value is -2.86. The van der Waals surface area contributed by atoms with Gasteiger partial charge in [0.25, 0.3) is 5.91 Å². The number of aromatic nitrogens is 2. The zero-order chi connectivity index (χ0) is 19.3. The van der Waals surface area contributed by atoms with Crippen LogP contribution in [-0.4, -0.2) is 34.9 Å². The summed E-state index contributed by atoms with van der Waals surface area (Å²) in [7, 11) is 0. The molecule has 0 bridgehead atoms. The number of carbonyl (C=O) groups excluding carboxylic acids is 1. The molecular formula is C22H26N4O2. The Kier molecular flexibility index (Phi) is 5.58. The number of hydrogen-bond acceptors (Lipinski definition) is 4. The number of carbonyl (C=O) groups is 1. The monoisotopic (exact) mass is 378 g/mol. The molecule has 0 saturated carbocycles. The summed E-state index contributed by atoms with van der Waals surface area (Å²) in [5.41, 5.74) is 3.45. The van der Waals surface area contributed by atoms with Crippen LogP contribution in [0.2, 0.25) is 0 Å². The lowest BCUT2D eigenvalue weighted by atomic mass is 10.1. The van der Waals surface area contributed by atoms with Gasteiger partial charge in [-0.25, -0.2) is 4.98 Å². The zero-order valence-electron chi connectivity index (χ0n) is 16.1. The molecule has 6 nitrogen and oxygen atoms in total. The van der Waals surface area contributed by atoms with Crippen LogP contribution >= 0.6 is 0 Å². The van der Waals surface area contributed by atoms with Crippen LogP contribution in [0.5, 0.6) is 5.75 Å². The molecule has 0 radical (unpaired) electrons. The lowest BCUT2D eigenvalue weighted by Crippen LogP contribution is -2.26. The number of pyridine rings is 1. The van der Waals surface area contributed by atoms with Crippen molar-refractivity contribution < 1.29 is 9.53 Å². The first-order valence-electron chi connectivity index (χ1n) is 9.84. The Labute approximate surface area is 164 Å². The van der Waals surface area contributed by atoms with Gasteiger partial charge in [-0.15, -0.1) is 0 Å². The number of fused-ring (bicyclic) bond motifs is 1. The first kappa shape index (κ1) is 18.5. The summed E-state index contributed by atoms with van der Waals surface area (Å²) < 4.78 is 7.93. The first-order valence-corrected chi connectivity index (χ1v) is 9.84. The molecule has 1 amide bonds. The average Bonchev–Trinajstić information content (AvgIpc) is 3.35. The minimum atomic E-state index is -0.0906. The Bertz CT molecular complexity index is 960. The van der Waals surface area contributed by atoms with Crippen LogP contribution in [0.25, 0.3) is 5.65 Å². The molecule has 2 aromatic heterocycles. The maximum Gasteiger partial charge on any atom is 0.255 e. The quantitative estimate of drug-likeness (QED) is 0.663. The van der Waals surface area contributed by atoms with Gasteiger partial charge in [-0.1, -0.05) is 18.2 Å². The van der Waals surface area contributed by atoms with Crippen molar-refractivity contribution in [1.29, 1.82) is 0 Å². The normalized spacial score (nSPS) is 16.4. The lowest BCUT2D eigenvalue weighted by molar-refractivity contribution is 0.0947. The summed E-state index contributed by atoms with van der Waals surface area (Å²) in [6, 6.07) is 11.4. The van der Waals surface area contributed by atoms with Gasteiger partial charge in [0, 0.05) is 18.9 Å². The van der Waals surface area contributed by atoms with Crippen molar-refractivity contribution in [3.05, 3.63) is 65.6 Å². The number of hydrogen-bond donors (Lipinski definition) is 2. The Morgan fingerprint density at radius 1 is 1.29 bits per heavy atom. The number of benzene rings is 1. The lowest BCUT2D eigenvalue weighted by Gasteiger charge is -2.12. The van der Waals surface area contributed by atoms with E-state index in [0.29, 0.717) is 30.4 Å².